The van der Waals surface area contributed by atoms with Crippen LogP contribution >= 0.6 is 0 Å². The van der Waals surface area contributed by atoms with Gasteiger partial charge in [0.15, 0.2) is 0 Å². The third-order valence-electron chi connectivity index (χ3n) is 0.635. The molecule has 0 aromatic rings. The van der Waals surface area contributed by atoms with E-state index in [1.54, 1.807) is 0 Å². The van der Waals surface area contributed by atoms with Crippen molar-refractivity contribution in [3.05, 3.63) is 0 Å². The molecule has 0 aromatic carbocycles. The summed E-state index contributed by atoms with van der Waals surface area (Å²) in [7, 11) is -1.24. The van der Waals surface area contributed by atoms with Crippen LogP contribution < -0.4 is 0 Å². The Bertz CT molecular complexity index is 252. The van der Waals surface area contributed by atoms with Gasteiger partial charge in [-0.05, 0) is 23.7 Å². The average Bonchev–Trinajstić information content (AvgIpc) is 1.78. The number of terminal acetylenes is 1. The van der Waals surface area contributed by atoms with E-state index >= 15 is 0 Å². The van der Waals surface area contributed by atoms with Gasteiger partial charge in [-0.25, -0.2) is 0 Å². The van der Waals surface area contributed by atoms with Crippen LogP contribution in [0.3, 0.4) is 0 Å². The molecule has 0 atom stereocenters. The van der Waals surface area contributed by atoms with Gasteiger partial charge in [-0.15, -0.1) is 12.0 Å². The zero-order valence-corrected chi connectivity index (χ0v) is 7.58. The molecule has 0 aliphatic heterocycles. The molecule has 10 heavy (non-hydrogen) atoms. The second-order valence-corrected chi connectivity index (χ2v) is 7.64. The Morgan fingerprint density at radius 2 is 1.60 bits per heavy atom. The monoisotopic (exact) mass is 146 g/mol. The van der Waals surface area contributed by atoms with Crippen LogP contribution in [-0.4, -0.2) is 8.07 Å². The normalized spacial score (nSPS) is 7.80. The Morgan fingerprint density at radius 1 is 1.00 bits per heavy atom. The van der Waals surface area contributed by atoms with Gasteiger partial charge < -0.3 is 0 Å². The lowest BCUT2D eigenvalue weighted by Gasteiger charge is -2.01. The lowest BCUT2D eigenvalue weighted by molar-refractivity contribution is 1.81. The third-order valence-corrected chi connectivity index (χ3v) is 1.51. The first kappa shape index (κ1) is 8.90. The highest BCUT2D eigenvalue weighted by Crippen LogP contribution is 1.95. The van der Waals surface area contributed by atoms with Gasteiger partial charge in [-0.3, -0.25) is 0 Å². The van der Waals surface area contributed by atoms with Crippen molar-refractivity contribution in [2.24, 2.45) is 0 Å². The molecule has 50 valence electrons. The second kappa shape index (κ2) is 3.83. The van der Waals surface area contributed by atoms with Crippen LogP contribution in [0.5, 0.6) is 0 Å². The second-order valence-electron chi connectivity index (χ2n) is 2.89. The molecule has 0 aliphatic rings. The summed E-state index contributed by atoms with van der Waals surface area (Å²) in [6, 6.07) is 0. The summed E-state index contributed by atoms with van der Waals surface area (Å²) >= 11 is 0. The van der Waals surface area contributed by atoms with Crippen LogP contribution in [0.1, 0.15) is 0 Å². The summed E-state index contributed by atoms with van der Waals surface area (Å²) < 4.78 is 0. The van der Waals surface area contributed by atoms with E-state index in [0.29, 0.717) is 0 Å². The summed E-state index contributed by atoms with van der Waals surface area (Å²) in [5.41, 5.74) is 3.08. The van der Waals surface area contributed by atoms with Gasteiger partial charge in [-0.2, -0.15) is 0 Å². The lowest BCUT2D eigenvalue weighted by Crippen LogP contribution is -2.16. The maximum atomic E-state index is 4.90. The highest BCUT2D eigenvalue weighted by molar-refractivity contribution is 6.83. The zero-order valence-electron chi connectivity index (χ0n) is 6.58. The predicted octanol–water partition coefficient (Wildman–Crippen LogP) is 1.50. The molecular weight excluding hydrogens is 136 g/mol. The van der Waals surface area contributed by atoms with Crippen molar-refractivity contribution in [1.82, 2.24) is 0 Å². The molecule has 0 saturated heterocycles. The molecule has 0 nitrogen and oxygen atoms in total. The molecule has 0 saturated carbocycles. The molecule has 0 aliphatic carbocycles. The Kier molecular flexibility index (Phi) is 3.41. The van der Waals surface area contributed by atoms with E-state index in [9.17, 15) is 0 Å². The molecule has 0 heterocycles. The van der Waals surface area contributed by atoms with E-state index in [-0.39, 0.29) is 0 Å². The Hall–Kier alpha value is -1.10. The molecule has 0 aromatic heterocycles. The largest absolute Gasteiger partial charge is 0.130 e. The fraction of sp³-hybridized carbons (Fsp3) is 0.333. The summed E-state index contributed by atoms with van der Waals surface area (Å²) in [5, 5.41) is 0. The minimum absolute atomic E-state index is 1.24. The molecule has 0 N–H and O–H groups in total. The van der Waals surface area contributed by atoms with E-state index in [1.807, 2.05) is 0 Å². The van der Waals surface area contributed by atoms with Crippen LogP contribution in [0.25, 0.3) is 0 Å². The topological polar surface area (TPSA) is 0 Å². The van der Waals surface area contributed by atoms with E-state index in [1.165, 1.54) is 0 Å². The van der Waals surface area contributed by atoms with Gasteiger partial charge >= 0.3 is 0 Å². The first-order valence-electron chi connectivity index (χ1n) is 3.04. The van der Waals surface area contributed by atoms with E-state index in [0.717, 1.165) is 0 Å². The lowest BCUT2D eigenvalue weighted by atomic mass is 10.6. The van der Waals surface area contributed by atoms with Crippen LogP contribution in [0.2, 0.25) is 19.6 Å². The highest BCUT2D eigenvalue weighted by atomic mass is 28.3. The van der Waals surface area contributed by atoms with Gasteiger partial charge in [0, 0.05) is 0 Å². The van der Waals surface area contributed by atoms with Gasteiger partial charge in [-0.1, -0.05) is 19.6 Å². The molecular formula is C9H10Si. The number of hydrogen-bond acceptors (Lipinski definition) is 0. The zero-order chi connectivity index (χ0) is 8.04. The quantitative estimate of drug-likeness (QED) is 0.359. The highest BCUT2D eigenvalue weighted by Gasteiger charge is 2.06. The van der Waals surface area contributed by atoms with Crippen molar-refractivity contribution in [2.75, 3.05) is 0 Å². The average molecular weight is 146 g/mol. The molecule has 0 unspecified atom stereocenters. The summed E-state index contributed by atoms with van der Waals surface area (Å²) in [6.45, 7) is 6.49. The Labute approximate surface area is 64.0 Å². The molecule has 0 amide bonds. The minimum atomic E-state index is -1.24. The van der Waals surface area contributed by atoms with E-state index in [2.05, 4.69) is 48.9 Å². The van der Waals surface area contributed by atoms with Crippen molar-refractivity contribution in [2.45, 2.75) is 19.6 Å². The SMILES string of the molecule is C#CC#CC#C[Si](C)(C)C. The van der Waals surface area contributed by atoms with E-state index < -0.39 is 8.07 Å². The minimum Gasteiger partial charge on any atom is -0.118 e. The first-order valence-corrected chi connectivity index (χ1v) is 6.54. The van der Waals surface area contributed by atoms with Gasteiger partial charge in [0.05, 0.1) is 0 Å². The van der Waals surface area contributed by atoms with Crippen LogP contribution in [0.4, 0.5) is 0 Å². The first-order chi connectivity index (χ1) is 4.56. The van der Waals surface area contributed by atoms with Crippen molar-refractivity contribution in [1.29, 1.82) is 0 Å². The van der Waals surface area contributed by atoms with Gasteiger partial charge in [0.1, 0.15) is 8.07 Å². The van der Waals surface area contributed by atoms with Crippen LogP contribution in [0.15, 0.2) is 0 Å². The van der Waals surface area contributed by atoms with E-state index in [4.69, 9.17) is 6.42 Å². The van der Waals surface area contributed by atoms with Crippen molar-refractivity contribution >= 4 is 8.07 Å². The maximum absolute atomic E-state index is 4.90. The molecule has 0 fully saturated rings. The van der Waals surface area contributed by atoms with Crippen LogP contribution in [-0.2, 0) is 0 Å². The fourth-order valence-corrected chi connectivity index (χ4v) is 0.724. The molecule has 0 spiro atoms. The summed E-state index contributed by atoms with van der Waals surface area (Å²) in [5.74, 6) is 9.97. The van der Waals surface area contributed by atoms with Gasteiger partial charge in [0.25, 0.3) is 0 Å². The van der Waals surface area contributed by atoms with Crippen molar-refractivity contribution in [3.63, 3.8) is 0 Å². The summed E-state index contributed by atoms with van der Waals surface area (Å²) in [6.07, 6.45) is 4.90. The predicted molar refractivity (Wildman–Crippen MR) is 47.7 cm³/mol. The third kappa shape index (κ3) is 6.90. The van der Waals surface area contributed by atoms with Crippen molar-refractivity contribution < 1.29 is 0 Å². The maximum Gasteiger partial charge on any atom is 0.130 e. The molecule has 0 rings (SSSR count). The van der Waals surface area contributed by atoms with Crippen molar-refractivity contribution in [3.8, 4) is 35.6 Å². The fourth-order valence-electron chi connectivity index (χ4n) is 0.286. The number of rotatable bonds is 0. The molecule has 1 heteroatoms. The summed E-state index contributed by atoms with van der Waals surface area (Å²) in [4.78, 5) is 0. The molecule has 0 bridgehead atoms. The number of hydrogen-bond donors (Lipinski definition) is 0. The van der Waals surface area contributed by atoms with Gasteiger partial charge in [0.2, 0.25) is 0 Å². The Morgan fingerprint density at radius 3 is 2.00 bits per heavy atom. The van der Waals surface area contributed by atoms with Crippen LogP contribution in [0, 0.1) is 35.6 Å². The standard InChI is InChI=1S/C9H10Si/c1-5-6-7-8-9-10(2,3)4/h1H,2-4H3. The smallest absolute Gasteiger partial charge is 0.118 e. The molecule has 0 radical (unpaired) electrons. The Balaban J connectivity index is 4.10.